The van der Waals surface area contributed by atoms with Crippen molar-refractivity contribution in [3.8, 4) is 10.6 Å². The van der Waals surface area contributed by atoms with Crippen molar-refractivity contribution in [3.05, 3.63) is 41.0 Å². The Morgan fingerprint density at radius 3 is 2.47 bits per heavy atom. The summed E-state index contributed by atoms with van der Waals surface area (Å²) in [6.45, 7) is 6.95. The van der Waals surface area contributed by atoms with E-state index < -0.39 is 0 Å². The van der Waals surface area contributed by atoms with Crippen LogP contribution in [0.15, 0.2) is 29.6 Å². The quantitative estimate of drug-likeness (QED) is 0.607. The van der Waals surface area contributed by atoms with E-state index >= 15 is 0 Å². The summed E-state index contributed by atoms with van der Waals surface area (Å²) in [7, 11) is 1.84. The third-order valence-electron chi connectivity index (χ3n) is 6.23. The molecule has 2 aliphatic rings. The molecule has 8 nitrogen and oxygen atoms in total. The first kappa shape index (κ1) is 20.9. The van der Waals surface area contributed by atoms with Gasteiger partial charge in [-0.05, 0) is 43.7 Å². The Labute approximate surface area is 192 Å². The van der Waals surface area contributed by atoms with Crippen LogP contribution in [0.2, 0.25) is 0 Å². The lowest BCUT2D eigenvalue weighted by Gasteiger charge is -2.36. The summed E-state index contributed by atoms with van der Waals surface area (Å²) in [6.07, 6.45) is 3.70. The van der Waals surface area contributed by atoms with Crippen LogP contribution in [0.3, 0.4) is 0 Å². The van der Waals surface area contributed by atoms with Crippen LogP contribution in [0.1, 0.15) is 35.4 Å². The summed E-state index contributed by atoms with van der Waals surface area (Å²) < 4.78 is 1.70. The zero-order valence-corrected chi connectivity index (χ0v) is 19.5. The van der Waals surface area contributed by atoms with Gasteiger partial charge in [0.05, 0.1) is 4.88 Å². The number of carbonyl (C=O) groups excluding carboxylic acids is 1. The molecule has 0 aliphatic carbocycles. The molecule has 2 fully saturated rings. The first-order valence-electron chi connectivity index (χ1n) is 11.3. The zero-order chi connectivity index (χ0) is 22.1. The average molecular weight is 452 g/mol. The Hall–Kier alpha value is -2.94. The predicted octanol–water partition coefficient (Wildman–Crippen LogP) is 3.20. The van der Waals surface area contributed by atoms with Crippen molar-refractivity contribution in [2.24, 2.45) is 7.05 Å². The molecule has 1 amide bonds. The number of aryl methyl sites for hydroxylation is 2. The minimum Gasteiger partial charge on any atom is -0.353 e. The second kappa shape index (κ2) is 8.90. The molecule has 5 rings (SSSR count). The number of aromatic nitrogens is 4. The van der Waals surface area contributed by atoms with E-state index in [0.717, 1.165) is 54.2 Å². The lowest BCUT2D eigenvalue weighted by Crippen LogP contribution is -2.49. The van der Waals surface area contributed by atoms with Crippen LogP contribution in [-0.2, 0) is 7.05 Å². The van der Waals surface area contributed by atoms with E-state index in [0.29, 0.717) is 18.8 Å². The smallest absolute Gasteiger partial charge is 0.272 e. The van der Waals surface area contributed by atoms with Gasteiger partial charge in [0.15, 0.2) is 0 Å². The number of amides is 1. The van der Waals surface area contributed by atoms with Crippen molar-refractivity contribution in [1.82, 2.24) is 24.6 Å². The Balaban J connectivity index is 1.26. The molecule has 5 heterocycles. The monoisotopic (exact) mass is 451 g/mol. The molecular formula is C23H29N7OS. The highest BCUT2D eigenvalue weighted by Gasteiger charge is 2.26. The summed E-state index contributed by atoms with van der Waals surface area (Å²) in [5.74, 6) is 1.84. The van der Waals surface area contributed by atoms with Gasteiger partial charge in [-0.2, -0.15) is 10.1 Å². The maximum atomic E-state index is 13.2. The van der Waals surface area contributed by atoms with Crippen LogP contribution in [0.4, 0.5) is 11.8 Å². The highest BCUT2D eigenvalue weighted by atomic mass is 32.1. The van der Waals surface area contributed by atoms with Gasteiger partial charge in [0.25, 0.3) is 5.91 Å². The van der Waals surface area contributed by atoms with E-state index in [4.69, 9.17) is 4.98 Å². The first-order valence-corrected chi connectivity index (χ1v) is 12.2. The Bertz CT molecular complexity index is 1080. The van der Waals surface area contributed by atoms with Crippen LogP contribution >= 0.6 is 11.3 Å². The number of hydrogen-bond donors (Lipinski definition) is 0. The molecule has 0 bridgehead atoms. The summed E-state index contributed by atoms with van der Waals surface area (Å²) in [5.41, 5.74) is 2.48. The van der Waals surface area contributed by atoms with Crippen molar-refractivity contribution in [3.63, 3.8) is 0 Å². The Morgan fingerprint density at radius 1 is 0.969 bits per heavy atom. The number of carbonyl (C=O) groups is 1. The van der Waals surface area contributed by atoms with E-state index in [9.17, 15) is 4.79 Å². The molecule has 3 aromatic heterocycles. The number of rotatable bonds is 4. The number of anilines is 2. The van der Waals surface area contributed by atoms with Crippen molar-refractivity contribution in [2.75, 3.05) is 49.1 Å². The normalized spacial score (nSPS) is 17.1. The molecule has 32 heavy (non-hydrogen) atoms. The van der Waals surface area contributed by atoms with Crippen molar-refractivity contribution < 1.29 is 4.79 Å². The van der Waals surface area contributed by atoms with Crippen molar-refractivity contribution >= 4 is 29.0 Å². The van der Waals surface area contributed by atoms with Gasteiger partial charge in [-0.15, -0.1) is 11.3 Å². The molecule has 0 aromatic carbocycles. The SMILES string of the molecule is Cc1cc(N2CCN(C(=O)c3cc(-c4cccs4)nn3C)CC2)nc(N2CCCCC2)n1. The summed E-state index contributed by atoms with van der Waals surface area (Å²) >= 11 is 1.63. The Kier molecular flexibility index (Phi) is 5.82. The fourth-order valence-electron chi connectivity index (χ4n) is 4.45. The highest BCUT2D eigenvalue weighted by molar-refractivity contribution is 7.13. The third kappa shape index (κ3) is 4.21. The lowest BCUT2D eigenvalue weighted by atomic mass is 10.1. The van der Waals surface area contributed by atoms with Gasteiger partial charge in [0.1, 0.15) is 17.2 Å². The molecule has 2 aliphatic heterocycles. The van der Waals surface area contributed by atoms with Gasteiger partial charge in [-0.1, -0.05) is 6.07 Å². The molecule has 168 valence electrons. The second-order valence-electron chi connectivity index (χ2n) is 8.51. The van der Waals surface area contributed by atoms with Crippen LogP contribution < -0.4 is 9.80 Å². The number of thiophene rings is 1. The largest absolute Gasteiger partial charge is 0.353 e. The van der Waals surface area contributed by atoms with Crippen LogP contribution in [0, 0.1) is 6.92 Å². The fourth-order valence-corrected chi connectivity index (χ4v) is 5.13. The molecular weight excluding hydrogens is 422 g/mol. The van der Waals surface area contributed by atoms with Crippen LogP contribution in [0.25, 0.3) is 10.6 Å². The van der Waals surface area contributed by atoms with Crippen LogP contribution in [-0.4, -0.2) is 69.8 Å². The number of piperidine rings is 1. The van der Waals surface area contributed by atoms with Crippen LogP contribution in [0.5, 0.6) is 0 Å². The summed E-state index contributed by atoms with van der Waals surface area (Å²) in [4.78, 5) is 30.3. The van der Waals surface area contributed by atoms with Crippen molar-refractivity contribution in [2.45, 2.75) is 26.2 Å². The molecule has 0 atom stereocenters. The zero-order valence-electron chi connectivity index (χ0n) is 18.7. The van der Waals surface area contributed by atoms with E-state index in [1.54, 1.807) is 16.0 Å². The van der Waals surface area contributed by atoms with Gasteiger partial charge < -0.3 is 14.7 Å². The van der Waals surface area contributed by atoms with E-state index in [-0.39, 0.29) is 5.91 Å². The van der Waals surface area contributed by atoms with Gasteiger partial charge in [0, 0.05) is 58.1 Å². The van der Waals surface area contributed by atoms with E-state index in [2.05, 4.69) is 25.9 Å². The molecule has 0 saturated carbocycles. The maximum absolute atomic E-state index is 13.2. The minimum atomic E-state index is 0.0373. The fraction of sp³-hybridized carbons (Fsp3) is 0.478. The number of piperazine rings is 1. The summed E-state index contributed by atoms with van der Waals surface area (Å²) in [5, 5.41) is 6.57. The standard InChI is InChI=1S/C23H29N7OS/c1-17-15-21(25-23(24-17)30-8-4-3-5-9-30)28-10-12-29(13-11-28)22(31)19-16-18(26-27(19)2)20-7-6-14-32-20/h6-7,14-16H,3-5,8-13H2,1-2H3. The summed E-state index contributed by atoms with van der Waals surface area (Å²) in [6, 6.07) is 7.99. The molecule has 0 spiro atoms. The molecule has 2 saturated heterocycles. The lowest BCUT2D eigenvalue weighted by molar-refractivity contribution is 0.0735. The second-order valence-corrected chi connectivity index (χ2v) is 9.46. The minimum absolute atomic E-state index is 0.0373. The molecule has 9 heteroatoms. The highest BCUT2D eigenvalue weighted by Crippen LogP contribution is 2.25. The van der Waals surface area contributed by atoms with E-state index in [1.165, 1.54) is 19.3 Å². The van der Waals surface area contributed by atoms with Gasteiger partial charge >= 0.3 is 0 Å². The third-order valence-corrected chi connectivity index (χ3v) is 7.12. The number of nitrogens with zero attached hydrogens (tertiary/aromatic N) is 7. The van der Waals surface area contributed by atoms with Gasteiger partial charge in [-0.25, -0.2) is 4.98 Å². The molecule has 0 unspecified atom stereocenters. The van der Waals surface area contributed by atoms with Gasteiger partial charge in [0.2, 0.25) is 5.95 Å². The Morgan fingerprint density at radius 2 is 1.75 bits per heavy atom. The molecule has 0 radical (unpaired) electrons. The maximum Gasteiger partial charge on any atom is 0.272 e. The van der Waals surface area contributed by atoms with Crippen molar-refractivity contribution in [1.29, 1.82) is 0 Å². The topological polar surface area (TPSA) is 70.4 Å². The van der Waals surface area contributed by atoms with E-state index in [1.807, 2.05) is 42.5 Å². The van der Waals surface area contributed by atoms with Gasteiger partial charge in [-0.3, -0.25) is 9.48 Å². The predicted molar refractivity (Wildman–Crippen MR) is 127 cm³/mol. The average Bonchev–Trinajstić information content (AvgIpc) is 3.49. The number of hydrogen-bond acceptors (Lipinski definition) is 7. The first-order chi connectivity index (χ1) is 15.6. The molecule has 3 aromatic rings. The molecule has 0 N–H and O–H groups in total.